The van der Waals surface area contributed by atoms with Gasteiger partial charge in [-0.25, -0.2) is 15.0 Å². The molecule has 1 saturated heterocycles. The molecular weight excluding hydrogens is 286 g/mol. The van der Waals surface area contributed by atoms with E-state index in [2.05, 4.69) is 20.3 Å². The Morgan fingerprint density at radius 2 is 2.23 bits per heavy atom. The first-order chi connectivity index (χ1) is 10.6. The van der Waals surface area contributed by atoms with Crippen LogP contribution in [0.4, 0.5) is 5.95 Å². The summed E-state index contributed by atoms with van der Waals surface area (Å²) in [5.74, 6) is 0.682. The average molecular weight is 303 g/mol. The van der Waals surface area contributed by atoms with Crippen LogP contribution < -0.4 is 10.2 Å². The second-order valence-electron chi connectivity index (χ2n) is 5.38. The molecule has 1 atom stereocenters. The number of aryl methyl sites for hydroxylation is 1. The average Bonchev–Trinajstić information content (AvgIpc) is 3.13. The predicted octanol–water partition coefficient (Wildman–Crippen LogP) is 0.144. The van der Waals surface area contributed by atoms with Crippen molar-refractivity contribution in [2.24, 2.45) is 0 Å². The van der Waals surface area contributed by atoms with Gasteiger partial charge in [-0.3, -0.25) is 4.79 Å². The van der Waals surface area contributed by atoms with Crippen LogP contribution in [0, 0.1) is 6.92 Å². The minimum Gasteiger partial charge on any atom is -0.448 e. The Hall–Kier alpha value is -2.48. The molecule has 0 radical (unpaired) electrons. The van der Waals surface area contributed by atoms with E-state index in [1.54, 1.807) is 25.4 Å². The third-order valence-corrected chi connectivity index (χ3v) is 3.71. The number of aromatic nitrogens is 3. The molecule has 8 heteroatoms. The number of β-amino-alcohol motifs (C(OH)–C–C–N with tert-alkyl or cyclic N) is 1. The summed E-state index contributed by atoms with van der Waals surface area (Å²) in [6, 6.07) is 1.74. The minimum absolute atomic E-state index is 0.140. The molecule has 2 aromatic rings. The summed E-state index contributed by atoms with van der Waals surface area (Å²) in [4.78, 5) is 26.1. The van der Waals surface area contributed by atoms with E-state index in [0.717, 1.165) is 0 Å². The largest absolute Gasteiger partial charge is 0.448 e. The fourth-order valence-electron chi connectivity index (χ4n) is 2.48. The van der Waals surface area contributed by atoms with Crippen molar-refractivity contribution in [3.05, 3.63) is 36.3 Å². The lowest BCUT2D eigenvalue weighted by molar-refractivity contribution is 0.0573. The normalized spacial score (nSPS) is 21.1. The van der Waals surface area contributed by atoms with E-state index in [9.17, 15) is 9.90 Å². The first-order valence-electron chi connectivity index (χ1n) is 7.00. The third-order valence-electron chi connectivity index (χ3n) is 3.71. The summed E-state index contributed by atoms with van der Waals surface area (Å²) < 4.78 is 5.00. The number of oxazole rings is 1. The molecule has 8 nitrogen and oxygen atoms in total. The highest BCUT2D eigenvalue weighted by Crippen LogP contribution is 2.23. The molecular formula is C14H17N5O3. The quantitative estimate of drug-likeness (QED) is 0.828. The first kappa shape index (κ1) is 14.5. The fraction of sp³-hybridized carbons (Fsp3) is 0.429. The molecule has 1 unspecified atom stereocenters. The van der Waals surface area contributed by atoms with Crippen LogP contribution in [0.2, 0.25) is 0 Å². The lowest BCUT2D eigenvalue weighted by Crippen LogP contribution is -2.45. The summed E-state index contributed by atoms with van der Waals surface area (Å²) in [5, 5.41) is 13.3. The molecule has 22 heavy (non-hydrogen) atoms. The highest BCUT2D eigenvalue weighted by Gasteiger charge is 2.37. The standard InChI is InChI=1S/C14H17N5O3/c1-10-11(18-9-22-10)12(20)17-7-14(21)3-6-19(8-14)13-15-4-2-5-16-13/h2,4-5,9,21H,3,6-8H2,1H3,(H,17,20). The lowest BCUT2D eigenvalue weighted by Gasteiger charge is -2.23. The van der Waals surface area contributed by atoms with Crippen molar-refractivity contribution in [3.8, 4) is 0 Å². The predicted molar refractivity (Wildman–Crippen MR) is 77.4 cm³/mol. The van der Waals surface area contributed by atoms with Gasteiger partial charge >= 0.3 is 0 Å². The third kappa shape index (κ3) is 2.91. The van der Waals surface area contributed by atoms with Gasteiger partial charge in [-0.15, -0.1) is 0 Å². The maximum absolute atomic E-state index is 12.0. The second kappa shape index (κ2) is 5.72. The van der Waals surface area contributed by atoms with Gasteiger partial charge < -0.3 is 19.7 Å². The van der Waals surface area contributed by atoms with E-state index < -0.39 is 5.60 Å². The lowest BCUT2D eigenvalue weighted by atomic mass is 10.0. The van der Waals surface area contributed by atoms with Crippen molar-refractivity contribution in [1.82, 2.24) is 20.3 Å². The Morgan fingerprint density at radius 1 is 1.45 bits per heavy atom. The Bertz CT molecular complexity index is 660. The second-order valence-corrected chi connectivity index (χ2v) is 5.38. The van der Waals surface area contributed by atoms with Crippen LogP contribution in [-0.4, -0.2) is 51.2 Å². The summed E-state index contributed by atoms with van der Waals surface area (Å²) in [6.45, 7) is 2.82. The van der Waals surface area contributed by atoms with Gasteiger partial charge in [-0.1, -0.05) is 0 Å². The number of rotatable bonds is 4. The number of carbonyl (C=O) groups excluding carboxylic acids is 1. The molecule has 3 rings (SSSR count). The van der Waals surface area contributed by atoms with Gasteiger partial charge in [-0.2, -0.15) is 0 Å². The zero-order chi connectivity index (χ0) is 15.6. The van der Waals surface area contributed by atoms with Crippen molar-refractivity contribution >= 4 is 11.9 Å². The van der Waals surface area contributed by atoms with Crippen LogP contribution in [0.15, 0.2) is 29.3 Å². The fourth-order valence-corrected chi connectivity index (χ4v) is 2.48. The van der Waals surface area contributed by atoms with E-state index in [1.807, 2.05) is 4.90 Å². The number of nitrogens with one attached hydrogen (secondary N) is 1. The van der Waals surface area contributed by atoms with Gasteiger partial charge in [-0.05, 0) is 19.4 Å². The van der Waals surface area contributed by atoms with Crippen LogP contribution in [0.3, 0.4) is 0 Å². The van der Waals surface area contributed by atoms with Crippen LogP contribution >= 0.6 is 0 Å². The zero-order valence-electron chi connectivity index (χ0n) is 12.2. The van der Waals surface area contributed by atoms with Crippen LogP contribution in [0.5, 0.6) is 0 Å². The number of nitrogens with zero attached hydrogens (tertiary/aromatic N) is 4. The van der Waals surface area contributed by atoms with Crippen LogP contribution in [-0.2, 0) is 0 Å². The Morgan fingerprint density at radius 3 is 2.91 bits per heavy atom. The van der Waals surface area contributed by atoms with Crippen molar-refractivity contribution in [1.29, 1.82) is 0 Å². The number of hydrogen-bond donors (Lipinski definition) is 2. The maximum atomic E-state index is 12.0. The van der Waals surface area contributed by atoms with E-state index in [1.165, 1.54) is 6.39 Å². The van der Waals surface area contributed by atoms with Crippen molar-refractivity contribution in [2.45, 2.75) is 18.9 Å². The molecule has 1 aliphatic heterocycles. The zero-order valence-corrected chi connectivity index (χ0v) is 12.2. The topological polar surface area (TPSA) is 104 Å². The van der Waals surface area contributed by atoms with Gasteiger partial charge in [0.15, 0.2) is 12.1 Å². The van der Waals surface area contributed by atoms with Gasteiger partial charge in [0, 0.05) is 25.5 Å². The smallest absolute Gasteiger partial charge is 0.273 e. The SMILES string of the molecule is Cc1ocnc1C(=O)NCC1(O)CCN(c2ncccn2)C1. The number of aliphatic hydroxyl groups is 1. The molecule has 2 N–H and O–H groups in total. The van der Waals surface area contributed by atoms with Gasteiger partial charge in [0.1, 0.15) is 11.4 Å². The van der Waals surface area contributed by atoms with Crippen LogP contribution in [0.1, 0.15) is 22.7 Å². The molecule has 0 aromatic carbocycles. The molecule has 116 valence electrons. The summed E-state index contributed by atoms with van der Waals surface area (Å²) in [7, 11) is 0. The molecule has 3 heterocycles. The number of hydrogen-bond acceptors (Lipinski definition) is 7. The molecule has 0 saturated carbocycles. The first-order valence-corrected chi connectivity index (χ1v) is 7.00. The van der Waals surface area contributed by atoms with E-state index in [4.69, 9.17) is 4.42 Å². The molecule has 1 fully saturated rings. The van der Waals surface area contributed by atoms with Crippen molar-refractivity contribution in [3.63, 3.8) is 0 Å². The Balaban J connectivity index is 1.59. The Labute approximate surface area is 127 Å². The summed E-state index contributed by atoms with van der Waals surface area (Å²) in [5.41, 5.74) is -0.767. The van der Waals surface area contributed by atoms with Gasteiger partial charge in [0.05, 0.1) is 6.54 Å². The monoisotopic (exact) mass is 303 g/mol. The minimum atomic E-state index is -1.01. The molecule has 1 aliphatic rings. The maximum Gasteiger partial charge on any atom is 0.273 e. The van der Waals surface area contributed by atoms with Crippen molar-refractivity contribution in [2.75, 3.05) is 24.5 Å². The number of anilines is 1. The number of carbonyl (C=O) groups is 1. The Kier molecular flexibility index (Phi) is 3.76. The summed E-state index contributed by atoms with van der Waals surface area (Å²) in [6.07, 6.45) is 5.08. The summed E-state index contributed by atoms with van der Waals surface area (Å²) >= 11 is 0. The molecule has 0 bridgehead atoms. The van der Waals surface area contributed by atoms with Crippen LogP contribution in [0.25, 0.3) is 0 Å². The highest BCUT2D eigenvalue weighted by atomic mass is 16.3. The molecule has 1 amide bonds. The molecule has 2 aromatic heterocycles. The molecule has 0 aliphatic carbocycles. The number of amides is 1. The van der Waals surface area contributed by atoms with E-state index in [0.29, 0.717) is 31.2 Å². The van der Waals surface area contributed by atoms with Crippen molar-refractivity contribution < 1.29 is 14.3 Å². The van der Waals surface area contributed by atoms with Gasteiger partial charge in [0.25, 0.3) is 5.91 Å². The van der Waals surface area contributed by atoms with E-state index in [-0.39, 0.29) is 18.1 Å². The highest BCUT2D eigenvalue weighted by molar-refractivity contribution is 5.93. The van der Waals surface area contributed by atoms with E-state index >= 15 is 0 Å². The molecule has 0 spiro atoms. The van der Waals surface area contributed by atoms with Gasteiger partial charge in [0.2, 0.25) is 5.95 Å².